The van der Waals surface area contributed by atoms with Gasteiger partial charge in [-0.05, 0) is 13.0 Å². The molecule has 0 aliphatic carbocycles. The monoisotopic (exact) mass is 400 g/mol. The van der Waals surface area contributed by atoms with Crippen molar-refractivity contribution in [2.75, 3.05) is 5.32 Å². The lowest BCUT2D eigenvalue weighted by Crippen LogP contribution is -2.11. The van der Waals surface area contributed by atoms with Gasteiger partial charge in [0.25, 0.3) is 0 Å². The Bertz CT molecular complexity index is 1240. The van der Waals surface area contributed by atoms with E-state index < -0.39 is 9.84 Å². The van der Waals surface area contributed by atoms with E-state index in [0.29, 0.717) is 16.4 Å². The molecule has 10 heteroatoms. The summed E-state index contributed by atoms with van der Waals surface area (Å²) in [5.41, 5.74) is 1.99. The molecule has 8 nitrogen and oxygen atoms in total. The van der Waals surface area contributed by atoms with Crippen LogP contribution in [0.3, 0.4) is 0 Å². The van der Waals surface area contributed by atoms with Crippen molar-refractivity contribution in [3.05, 3.63) is 48.7 Å². The summed E-state index contributed by atoms with van der Waals surface area (Å²) >= 11 is 1.39. The molecule has 0 amide bonds. The second-order valence-corrected chi connectivity index (χ2v) is 8.64. The van der Waals surface area contributed by atoms with E-state index in [1.807, 2.05) is 19.1 Å². The number of H-pyrrole nitrogens is 1. The summed E-state index contributed by atoms with van der Waals surface area (Å²) in [4.78, 5) is 9.61. The first-order valence-corrected chi connectivity index (χ1v) is 10.0. The summed E-state index contributed by atoms with van der Waals surface area (Å²) in [6, 6.07) is 7.22. The third-order valence-electron chi connectivity index (χ3n) is 4.16. The van der Waals surface area contributed by atoms with E-state index in [-0.39, 0.29) is 17.3 Å². The van der Waals surface area contributed by atoms with Crippen molar-refractivity contribution in [3.8, 4) is 16.1 Å². The van der Waals surface area contributed by atoms with Crippen LogP contribution in [0.4, 0.5) is 10.9 Å². The lowest BCUT2D eigenvalue weighted by Gasteiger charge is -2.16. The molecule has 1 aliphatic rings. The molecule has 2 bridgehead atoms. The van der Waals surface area contributed by atoms with Gasteiger partial charge in [-0.1, -0.05) is 30.9 Å². The molecule has 3 aromatic heterocycles. The Balaban J connectivity index is 0.00000180. The van der Waals surface area contributed by atoms with Crippen LogP contribution in [0.1, 0.15) is 13.1 Å². The van der Waals surface area contributed by atoms with E-state index in [1.165, 1.54) is 23.9 Å². The van der Waals surface area contributed by atoms with Crippen molar-refractivity contribution in [1.82, 2.24) is 24.7 Å². The van der Waals surface area contributed by atoms with Gasteiger partial charge in [0.05, 0.1) is 22.5 Å². The first kappa shape index (κ1) is 17.4. The molecule has 1 aromatic carbocycles. The third kappa shape index (κ3) is 2.56. The van der Waals surface area contributed by atoms with E-state index in [0.717, 1.165) is 16.4 Å². The van der Waals surface area contributed by atoms with Crippen molar-refractivity contribution < 1.29 is 8.42 Å². The molecule has 27 heavy (non-hydrogen) atoms. The predicted octanol–water partition coefficient (Wildman–Crippen LogP) is 3.55. The molecule has 0 saturated heterocycles. The number of hydrogen-bond acceptors (Lipinski definition) is 7. The molecule has 0 spiro atoms. The van der Waals surface area contributed by atoms with Gasteiger partial charge in [-0.25, -0.2) is 18.4 Å². The highest BCUT2D eigenvalue weighted by Gasteiger charge is 2.33. The smallest absolute Gasteiger partial charge is 0.228 e. The number of hydrogen-bond donors (Lipinski definition) is 2. The highest BCUT2D eigenvalue weighted by molar-refractivity contribution is 7.91. The van der Waals surface area contributed by atoms with Gasteiger partial charge in [-0.3, -0.25) is 5.10 Å². The normalized spacial score (nSPS) is 13.7. The Hall–Kier alpha value is -2.98. The number of thiazole rings is 1. The Kier molecular flexibility index (Phi) is 3.89. The van der Waals surface area contributed by atoms with Crippen LogP contribution in [-0.2, 0) is 9.84 Å². The van der Waals surface area contributed by atoms with Gasteiger partial charge < -0.3 is 9.88 Å². The molecule has 0 radical (unpaired) electrons. The Morgan fingerprint density at radius 2 is 2.11 bits per heavy atom. The minimum absolute atomic E-state index is 0. The maximum Gasteiger partial charge on any atom is 0.228 e. The van der Waals surface area contributed by atoms with Gasteiger partial charge >= 0.3 is 0 Å². The average Bonchev–Trinajstić information content (AvgIpc) is 3.34. The van der Waals surface area contributed by atoms with Gasteiger partial charge in [-0.2, -0.15) is 5.10 Å². The Morgan fingerprint density at radius 3 is 2.89 bits per heavy atom. The first-order chi connectivity index (χ1) is 12.5. The number of nitrogens with zero attached hydrogens (tertiary/aromatic N) is 4. The minimum atomic E-state index is -3.66. The van der Waals surface area contributed by atoms with Gasteiger partial charge in [0, 0.05) is 17.8 Å². The molecule has 5 rings (SSSR count). The number of imidazole rings is 1. The second-order valence-electron chi connectivity index (χ2n) is 5.81. The summed E-state index contributed by atoms with van der Waals surface area (Å²) in [6.45, 7) is 1.86. The number of sulfone groups is 1. The van der Waals surface area contributed by atoms with Crippen molar-refractivity contribution in [3.63, 3.8) is 0 Å². The number of nitrogens with one attached hydrogen (secondary N) is 2. The molecule has 4 aromatic rings. The van der Waals surface area contributed by atoms with Gasteiger partial charge in [0.2, 0.25) is 9.84 Å². The molecule has 0 saturated carbocycles. The molecule has 0 atom stereocenters. The Labute approximate surface area is 159 Å². The summed E-state index contributed by atoms with van der Waals surface area (Å²) < 4.78 is 27.7. The molecule has 0 unspecified atom stereocenters. The molecule has 0 fully saturated rings. The summed E-state index contributed by atoms with van der Waals surface area (Å²) in [6.07, 6.45) is 4.70. The fourth-order valence-electron chi connectivity index (χ4n) is 3.01. The fraction of sp³-hybridized carbons (Fsp3) is 0.118. The van der Waals surface area contributed by atoms with Crippen LogP contribution in [-0.4, -0.2) is 33.2 Å². The van der Waals surface area contributed by atoms with Crippen molar-refractivity contribution in [1.29, 1.82) is 0 Å². The quantitative estimate of drug-likeness (QED) is 0.480. The van der Waals surface area contributed by atoms with Crippen LogP contribution in [0, 0.1) is 6.92 Å². The molecule has 2 N–H and O–H groups in total. The predicted molar refractivity (Wildman–Crippen MR) is 103 cm³/mol. The second kappa shape index (κ2) is 6.03. The number of benzene rings is 1. The number of fused-ring (bicyclic) bond motifs is 4. The van der Waals surface area contributed by atoms with E-state index in [1.54, 1.807) is 22.9 Å². The summed E-state index contributed by atoms with van der Waals surface area (Å²) in [5, 5.41) is 10.6. The molecular weight excluding hydrogens is 384 g/mol. The highest BCUT2D eigenvalue weighted by Crippen LogP contribution is 2.42. The van der Waals surface area contributed by atoms with Crippen molar-refractivity contribution in [2.24, 2.45) is 0 Å². The summed E-state index contributed by atoms with van der Waals surface area (Å²) in [5.74, 6) is 0.718. The third-order valence-corrected chi connectivity index (χ3v) is 6.99. The Morgan fingerprint density at radius 1 is 1.26 bits per heavy atom. The molecular formula is C17H16N6O2S2. The molecule has 4 heterocycles. The maximum absolute atomic E-state index is 13.0. The van der Waals surface area contributed by atoms with Crippen LogP contribution in [0.15, 0.2) is 52.9 Å². The van der Waals surface area contributed by atoms with E-state index >= 15 is 0 Å². The van der Waals surface area contributed by atoms with Gasteiger partial charge in [0.1, 0.15) is 17.0 Å². The van der Waals surface area contributed by atoms with Crippen LogP contribution in [0.2, 0.25) is 0 Å². The fourth-order valence-corrected chi connectivity index (χ4v) is 5.64. The number of aromatic amines is 1. The van der Waals surface area contributed by atoms with Crippen LogP contribution >= 0.6 is 11.3 Å². The van der Waals surface area contributed by atoms with Crippen molar-refractivity contribution >= 4 is 32.1 Å². The first-order valence-electron chi connectivity index (χ1n) is 7.71. The zero-order valence-electron chi connectivity index (χ0n) is 13.5. The lowest BCUT2D eigenvalue weighted by atomic mass is 10.1. The largest absolute Gasteiger partial charge is 0.317 e. The standard InChI is InChI=1S/C16H12N6O2S2.CH4/c1-9-14(25-16(19-9)20-12-5-6-18-21-12)10-3-2-4-11-15(10)26(23,24)13-7-22(11)8-17-13;/h2-8H,1H3,(H2,18,19,20,21);1H4. The van der Waals surface area contributed by atoms with E-state index in [4.69, 9.17) is 0 Å². The zero-order chi connectivity index (χ0) is 17.9. The van der Waals surface area contributed by atoms with Crippen LogP contribution in [0.5, 0.6) is 0 Å². The number of aryl methyl sites for hydroxylation is 1. The number of rotatable bonds is 3. The van der Waals surface area contributed by atoms with Crippen LogP contribution < -0.4 is 5.32 Å². The lowest BCUT2D eigenvalue weighted by molar-refractivity contribution is 0.591. The number of anilines is 2. The van der Waals surface area contributed by atoms with Gasteiger partial charge in [0.15, 0.2) is 10.2 Å². The van der Waals surface area contributed by atoms with Crippen LogP contribution in [0.25, 0.3) is 16.1 Å². The van der Waals surface area contributed by atoms with E-state index in [2.05, 4.69) is 25.5 Å². The topological polar surface area (TPSA) is 106 Å². The average molecular weight is 400 g/mol. The summed E-state index contributed by atoms with van der Waals surface area (Å²) in [7, 11) is -3.66. The maximum atomic E-state index is 13.0. The van der Waals surface area contributed by atoms with Crippen molar-refractivity contribution in [2.45, 2.75) is 24.3 Å². The number of aromatic nitrogens is 5. The molecule has 1 aliphatic heterocycles. The highest BCUT2D eigenvalue weighted by atomic mass is 32.2. The minimum Gasteiger partial charge on any atom is -0.317 e. The SMILES string of the molecule is C.Cc1nc(Nc2ccn[nH]2)sc1-c1cccc2c1S(=O)(=O)c1cn-2cn1. The molecule has 138 valence electrons. The van der Waals surface area contributed by atoms with E-state index in [9.17, 15) is 8.42 Å². The van der Waals surface area contributed by atoms with Gasteiger partial charge in [-0.15, -0.1) is 0 Å². The zero-order valence-corrected chi connectivity index (χ0v) is 15.1.